The average molecular weight is 393 g/mol. The fourth-order valence-electron chi connectivity index (χ4n) is 2.18. The molecule has 0 atom stereocenters. The highest BCUT2D eigenvalue weighted by Crippen LogP contribution is 2.25. The van der Waals surface area contributed by atoms with Crippen LogP contribution in [-0.4, -0.2) is 23.6 Å². The summed E-state index contributed by atoms with van der Waals surface area (Å²) in [7, 11) is 1.31. The lowest BCUT2D eigenvalue weighted by molar-refractivity contribution is -0.141. The summed E-state index contributed by atoms with van der Waals surface area (Å²) < 4.78 is 7.17. The van der Waals surface area contributed by atoms with Gasteiger partial charge in [-0.3, -0.25) is 9.59 Å². The number of hydrogen-bond donors (Lipinski definition) is 0. The molecule has 0 bridgehead atoms. The van der Waals surface area contributed by atoms with Crippen LogP contribution in [0.2, 0.25) is 5.02 Å². The van der Waals surface area contributed by atoms with Crippen molar-refractivity contribution in [2.24, 2.45) is 4.99 Å². The van der Waals surface area contributed by atoms with Crippen LogP contribution < -0.4 is 4.80 Å². The van der Waals surface area contributed by atoms with Crippen LogP contribution in [0.1, 0.15) is 4.88 Å². The van der Waals surface area contributed by atoms with E-state index in [-0.39, 0.29) is 6.54 Å². The van der Waals surface area contributed by atoms with Gasteiger partial charge < -0.3 is 9.30 Å². The zero-order valence-corrected chi connectivity index (χ0v) is 15.5. The highest BCUT2D eigenvalue weighted by molar-refractivity contribution is 7.16. The van der Waals surface area contributed by atoms with Gasteiger partial charge in [-0.05, 0) is 29.7 Å². The average Bonchev–Trinajstić information content (AvgIpc) is 3.22. The van der Waals surface area contributed by atoms with E-state index in [1.54, 1.807) is 16.7 Å². The van der Waals surface area contributed by atoms with Crippen molar-refractivity contribution >= 4 is 62.4 Å². The molecule has 5 nitrogen and oxygen atoms in total. The summed E-state index contributed by atoms with van der Waals surface area (Å²) in [5.74, 6) is -0.850. The van der Waals surface area contributed by atoms with Crippen LogP contribution in [0.25, 0.3) is 16.3 Å². The molecule has 0 radical (unpaired) electrons. The number of carbonyl (C=O) groups excluding carboxylic acids is 2. The van der Waals surface area contributed by atoms with Crippen molar-refractivity contribution < 1.29 is 14.3 Å². The molecule has 3 rings (SSSR count). The van der Waals surface area contributed by atoms with Crippen LogP contribution in [-0.2, 0) is 20.9 Å². The summed E-state index contributed by atoms with van der Waals surface area (Å²) in [5, 5.41) is 2.42. The Balaban J connectivity index is 2.05. The van der Waals surface area contributed by atoms with Crippen molar-refractivity contribution in [3.63, 3.8) is 0 Å². The molecule has 0 saturated heterocycles. The van der Waals surface area contributed by atoms with Crippen molar-refractivity contribution in [1.29, 1.82) is 0 Å². The third kappa shape index (κ3) is 4.07. The molecule has 0 N–H and O–H groups in total. The predicted octanol–water partition coefficient (Wildman–Crippen LogP) is 3.73. The van der Waals surface area contributed by atoms with Crippen LogP contribution >= 0.6 is 34.3 Å². The van der Waals surface area contributed by atoms with Gasteiger partial charge in [-0.15, -0.1) is 11.3 Å². The molecule has 128 valence electrons. The number of hydrogen-bond acceptors (Lipinski definition) is 5. The second-order valence-corrected chi connectivity index (χ2v) is 7.33. The largest absolute Gasteiger partial charge is 0.468 e. The van der Waals surface area contributed by atoms with E-state index in [0.717, 1.165) is 9.58 Å². The highest BCUT2D eigenvalue weighted by atomic mass is 35.5. The van der Waals surface area contributed by atoms with Gasteiger partial charge in [0.1, 0.15) is 6.54 Å². The number of benzene rings is 1. The Bertz CT molecular complexity index is 1020. The molecule has 0 saturated carbocycles. The molecule has 0 aliphatic rings. The summed E-state index contributed by atoms with van der Waals surface area (Å²) in [6.45, 7) is -0.0685. The number of fused-ring (bicyclic) bond motifs is 1. The van der Waals surface area contributed by atoms with Crippen LogP contribution in [0, 0.1) is 0 Å². The summed E-state index contributed by atoms with van der Waals surface area (Å²) in [4.78, 5) is 29.4. The normalized spacial score (nSPS) is 12.2. The minimum Gasteiger partial charge on any atom is -0.468 e. The Morgan fingerprint density at radius 1 is 1.32 bits per heavy atom. The number of halogens is 1. The summed E-state index contributed by atoms with van der Waals surface area (Å²) in [5.41, 5.74) is 0.661. The molecule has 0 unspecified atom stereocenters. The number of ether oxygens (including phenoxy) is 1. The zero-order chi connectivity index (χ0) is 17.8. The molecule has 1 amide bonds. The van der Waals surface area contributed by atoms with Crippen LogP contribution in [0.15, 0.2) is 46.8 Å². The second-order valence-electron chi connectivity index (χ2n) is 4.93. The topological polar surface area (TPSA) is 60.7 Å². The number of thiazole rings is 1. The molecule has 2 heterocycles. The first-order valence-electron chi connectivity index (χ1n) is 7.23. The molecule has 0 spiro atoms. The van der Waals surface area contributed by atoms with Crippen molar-refractivity contribution in [3.8, 4) is 0 Å². The van der Waals surface area contributed by atoms with Gasteiger partial charge in [0.25, 0.3) is 5.91 Å². The van der Waals surface area contributed by atoms with Crippen molar-refractivity contribution in [3.05, 3.63) is 56.5 Å². The first kappa shape index (κ1) is 17.6. The molecule has 25 heavy (non-hydrogen) atoms. The number of esters is 1. The predicted molar refractivity (Wildman–Crippen MR) is 101 cm³/mol. The highest BCUT2D eigenvalue weighted by Gasteiger charge is 2.13. The maximum atomic E-state index is 12.2. The molecule has 0 aliphatic heterocycles. The third-order valence-electron chi connectivity index (χ3n) is 3.31. The van der Waals surface area contributed by atoms with Gasteiger partial charge in [0, 0.05) is 11.0 Å². The van der Waals surface area contributed by atoms with E-state index < -0.39 is 11.9 Å². The molecule has 1 aromatic carbocycles. The summed E-state index contributed by atoms with van der Waals surface area (Å²) >= 11 is 9.09. The third-order valence-corrected chi connectivity index (χ3v) is 5.49. The Hall–Kier alpha value is -2.22. The SMILES string of the molecule is COC(=O)Cn1c(=NC(=O)C=Cc2cccs2)sc2cccc(Cl)c21. The molecule has 0 fully saturated rings. The number of rotatable bonds is 4. The molecule has 2 aromatic heterocycles. The van der Waals surface area contributed by atoms with Gasteiger partial charge >= 0.3 is 5.97 Å². The minimum atomic E-state index is -0.442. The maximum Gasteiger partial charge on any atom is 0.325 e. The number of thiophene rings is 1. The fraction of sp³-hybridized carbons (Fsp3) is 0.118. The minimum absolute atomic E-state index is 0.0685. The molecular weight excluding hydrogens is 380 g/mol. The second kappa shape index (κ2) is 7.77. The number of amides is 1. The molecule has 0 aliphatic carbocycles. The first-order chi connectivity index (χ1) is 12.1. The maximum absolute atomic E-state index is 12.2. The lowest BCUT2D eigenvalue weighted by Gasteiger charge is -2.04. The monoisotopic (exact) mass is 392 g/mol. The number of aromatic nitrogens is 1. The van der Waals surface area contributed by atoms with Gasteiger partial charge in [-0.25, -0.2) is 0 Å². The lowest BCUT2D eigenvalue weighted by Crippen LogP contribution is -2.22. The van der Waals surface area contributed by atoms with Crippen LogP contribution in [0.3, 0.4) is 0 Å². The van der Waals surface area contributed by atoms with E-state index in [0.29, 0.717) is 15.3 Å². The summed E-state index contributed by atoms with van der Waals surface area (Å²) in [6, 6.07) is 9.22. The van der Waals surface area contributed by atoms with E-state index in [2.05, 4.69) is 4.99 Å². The zero-order valence-electron chi connectivity index (χ0n) is 13.1. The Labute approximate surface area is 156 Å². The van der Waals surface area contributed by atoms with E-state index in [9.17, 15) is 9.59 Å². The Morgan fingerprint density at radius 3 is 2.88 bits per heavy atom. The van der Waals surface area contributed by atoms with Gasteiger partial charge in [-0.1, -0.05) is 35.1 Å². The number of nitrogens with zero attached hydrogens (tertiary/aromatic N) is 2. The van der Waals surface area contributed by atoms with Gasteiger partial charge in [0.2, 0.25) is 0 Å². The van der Waals surface area contributed by atoms with Gasteiger partial charge in [-0.2, -0.15) is 4.99 Å². The first-order valence-corrected chi connectivity index (χ1v) is 9.31. The van der Waals surface area contributed by atoms with Gasteiger partial charge in [0.05, 0.1) is 22.3 Å². The number of methoxy groups -OCH3 is 1. The Morgan fingerprint density at radius 2 is 2.16 bits per heavy atom. The van der Waals surface area contributed by atoms with Gasteiger partial charge in [0.15, 0.2) is 4.80 Å². The van der Waals surface area contributed by atoms with Crippen LogP contribution in [0.4, 0.5) is 0 Å². The van der Waals surface area contributed by atoms with E-state index in [1.165, 1.54) is 35.9 Å². The number of carbonyl (C=O) groups is 2. The quantitative estimate of drug-likeness (QED) is 0.502. The van der Waals surface area contributed by atoms with E-state index in [4.69, 9.17) is 16.3 Å². The standard InChI is InChI=1S/C17H13ClN2O3S2/c1-23-15(22)10-20-16-12(18)5-2-6-13(16)25-17(20)19-14(21)8-7-11-4-3-9-24-11/h2-9H,10H2,1H3. The van der Waals surface area contributed by atoms with Crippen molar-refractivity contribution in [2.75, 3.05) is 7.11 Å². The lowest BCUT2D eigenvalue weighted by atomic mass is 10.3. The van der Waals surface area contributed by atoms with E-state index >= 15 is 0 Å². The Kier molecular flexibility index (Phi) is 5.47. The smallest absolute Gasteiger partial charge is 0.325 e. The van der Waals surface area contributed by atoms with Crippen molar-refractivity contribution in [2.45, 2.75) is 6.54 Å². The fourth-order valence-corrected chi connectivity index (χ4v) is 4.20. The molecule has 8 heteroatoms. The molecule has 3 aromatic rings. The summed E-state index contributed by atoms with van der Waals surface area (Å²) in [6.07, 6.45) is 3.11. The van der Waals surface area contributed by atoms with Crippen molar-refractivity contribution in [1.82, 2.24) is 4.57 Å². The molecular formula is C17H13ClN2O3S2. The van der Waals surface area contributed by atoms with E-state index in [1.807, 2.05) is 29.6 Å². The van der Waals surface area contributed by atoms with Crippen LogP contribution in [0.5, 0.6) is 0 Å². The number of para-hydroxylation sites is 1.